The number of aryl methyl sites for hydroxylation is 1. The predicted molar refractivity (Wildman–Crippen MR) is 92.2 cm³/mol. The Hall–Kier alpha value is -2.96. The Morgan fingerprint density at radius 3 is 2.50 bits per heavy atom. The molecule has 3 aromatic rings. The molecule has 0 radical (unpaired) electrons. The SMILES string of the molecule is Cn1nc(C(=O)Nc2nc3ccccc3n2C(C)(C)C)ccc1=O. The third kappa shape index (κ3) is 2.80. The summed E-state index contributed by atoms with van der Waals surface area (Å²) in [6.07, 6.45) is 0. The topological polar surface area (TPSA) is 81.8 Å². The maximum atomic E-state index is 12.5. The summed E-state index contributed by atoms with van der Waals surface area (Å²) in [7, 11) is 1.50. The van der Waals surface area contributed by atoms with Crippen LogP contribution in [-0.4, -0.2) is 25.2 Å². The van der Waals surface area contributed by atoms with Gasteiger partial charge in [0.25, 0.3) is 11.5 Å². The van der Waals surface area contributed by atoms with Gasteiger partial charge < -0.3 is 4.57 Å². The number of carbonyl (C=O) groups excluding carboxylic acids is 1. The van der Waals surface area contributed by atoms with Gasteiger partial charge in [0.15, 0.2) is 0 Å². The van der Waals surface area contributed by atoms with E-state index in [0.29, 0.717) is 5.95 Å². The number of amides is 1. The molecule has 0 bridgehead atoms. The van der Waals surface area contributed by atoms with Crippen LogP contribution >= 0.6 is 0 Å². The van der Waals surface area contributed by atoms with E-state index in [9.17, 15) is 9.59 Å². The molecule has 124 valence electrons. The van der Waals surface area contributed by atoms with Crippen molar-refractivity contribution in [2.75, 3.05) is 5.32 Å². The molecule has 2 heterocycles. The Balaban J connectivity index is 2.05. The van der Waals surface area contributed by atoms with E-state index in [1.165, 1.54) is 19.2 Å². The molecule has 1 aromatic carbocycles. The highest BCUT2D eigenvalue weighted by Crippen LogP contribution is 2.28. The molecule has 0 aliphatic carbocycles. The molecule has 0 atom stereocenters. The number of hydrogen-bond donors (Lipinski definition) is 1. The number of fused-ring (bicyclic) bond motifs is 1. The summed E-state index contributed by atoms with van der Waals surface area (Å²) in [5.74, 6) is 0.0377. The van der Waals surface area contributed by atoms with Crippen LogP contribution < -0.4 is 10.9 Å². The Bertz CT molecular complexity index is 979. The molecule has 1 N–H and O–H groups in total. The van der Waals surface area contributed by atoms with Gasteiger partial charge in [-0.15, -0.1) is 0 Å². The largest absolute Gasteiger partial charge is 0.305 e. The fraction of sp³-hybridized carbons (Fsp3) is 0.294. The van der Waals surface area contributed by atoms with Crippen LogP contribution in [0.1, 0.15) is 31.3 Å². The van der Waals surface area contributed by atoms with Gasteiger partial charge in [-0.1, -0.05) is 12.1 Å². The highest BCUT2D eigenvalue weighted by molar-refractivity contribution is 6.02. The van der Waals surface area contributed by atoms with E-state index < -0.39 is 5.91 Å². The number of rotatable bonds is 2. The highest BCUT2D eigenvalue weighted by Gasteiger charge is 2.23. The minimum absolute atomic E-state index is 0.157. The number of anilines is 1. The van der Waals surface area contributed by atoms with Crippen LogP contribution in [-0.2, 0) is 12.6 Å². The molecular weight excluding hydrogens is 306 g/mol. The van der Waals surface area contributed by atoms with Gasteiger partial charge in [-0.2, -0.15) is 5.10 Å². The maximum absolute atomic E-state index is 12.5. The van der Waals surface area contributed by atoms with Crippen molar-refractivity contribution in [2.45, 2.75) is 26.3 Å². The maximum Gasteiger partial charge on any atom is 0.278 e. The highest BCUT2D eigenvalue weighted by atomic mass is 16.2. The van der Waals surface area contributed by atoms with Gasteiger partial charge in [0, 0.05) is 18.7 Å². The number of para-hydroxylation sites is 2. The Morgan fingerprint density at radius 1 is 1.12 bits per heavy atom. The van der Waals surface area contributed by atoms with Crippen LogP contribution in [0.25, 0.3) is 11.0 Å². The Labute approximate surface area is 138 Å². The van der Waals surface area contributed by atoms with Crippen molar-refractivity contribution in [3.63, 3.8) is 0 Å². The summed E-state index contributed by atoms with van der Waals surface area (Å²) in [5, 5.41) is 6.77. The van der Waals surface area contributed by atoms with Crippen molar-refractivity contribution in [3.8, 4) is 0 Å². The summed E-state index contributed by atoms with van der Waals surface area (Å²) >= 11 is 0. The first-order chi connectivity index (χ1) is 11.3. The molecule has 7 nitrogen and oxygen atoms in total. The first-order valence-corrected chi connectivity index (χ1v) is 7.61. The van der Waals surface area contributed by atoms with Crippen LogP contribution in [0.4, 0.5) is 5.95 Å². The predicted octanol–water partition coefficient (Wildman–Crippen LogP) is 2.14. The van der Waals surface area contributed by atoms with E-state index in [4.69, 9.17) is 0 Å². The zero-order chi connectivity index (χ0) is 17.5. The molecule has 24 heavy (non-hydrogen) atoms. The summed E-state index contributed by atoms with van der Waals surface area (Å²) in [6.45, 7) is 6.13. The van der Waals surface area contributed by atoms with Crippen LogP contribution in [0.5, 0.6) is 0 Å². The lowest BCUT2D eigenvalue weighted by Gasteiger charge is -2.24. The van der Waals surface area contributed by atoms with Crippen molar-refractivity contribution in [2.24, 2.45) is 7.05 Å². The molecule has 0 saturated carbocycles. The van der Waals surface area contributed by atoms with Gasteiger partial charge >= 0.3 is 0 Å². The average molecular weight is 325 g/mol. The first-order valence-electron chi connectivity index (χ1n) is 7.61. The lowest BCUT2D eigenvalue weighted by Crippen LogP contribution is -2.27. The molecule has 1 amide bonds. The minimum Gasteiger partial charge on any atom is -0.305 e. The second-order valence-electron chi connectivity index (χ2n) is 6.56. The molecule has 2 aromatic heterocycles. The molecule has 0 unspecified atom stereocenters. The van der Waals surface area contributed by atoms with E-state index in [1.54, 1.807) is 0 Å². The van der Waals surface area contributed by atoms with Crippen molar-refractivity contribution in [1.82, 2.24) is 19.3 Å². The van der Waals surface area contributed by atoms with Crippen molar-refractivity contribution < 1.29 is 4.79 Å². The number of benzene rings is 1. The standard InChI is InChI=1S/C17H19N5O2/c1-17(2,3)22-13-8-6-5-7-11(13)18-16(22)19-15(24)12-9-10-14(23)21(4)20-12/h5-10H,1-4H3,(H,18,19,24). The average Bonchev–Trinajstić information content (AvgIpc) is 2.87. The first kappa shape index (κ1) is 15.9. The third-order valence-corrected chi connectivity index (χ3v) is 3.65. The zero-order valence-corrected chi connectivity index (χ0v) is 14.1. The van der Waals surface area contributed by atoms with E-state index in [-0.39, 0.29) is 16.8 Å². The van der Waals surface area contributed by atoms with E-state index in [0.717, 1.165) is 15.7 Å². The molecule has 3 rings (SSSR count). The monoisotopic (exact) mass is 325 g/mol. The molecule has 0 spiro atoms. The number of nitrogens with zero attached hydrogens (tertiary/aromatic N) is 4. The summed E-state index contributed by atoms with van der Waals surface area (Å²) < 4.78 is 3.10. The summed E-state index contributed by atoms with van der Waals surface area (Å²) in [6, 6.07) is 10.4. The summed E-state index contributed by atoms with van der Waals surface area (Å²) in [5.41, 5.74) is 1.36. The van der Waals surface area contributed by atoms with Gasteiger partial charge in [0.1, 0.15) is 5.69 Å². The van der Waals surface area contributed by atoms with E-state index in [2.05, 4.69) is 15.4 Å². The van der Waals surface area contributed by atoms with Crippen LogP contribution in [0.2, 0.25) is 0 Å². The summed E-state index contributed by atoms with van der Waals surface area (Å²) in [4.78, 5) is 28.4. The van der Waals surface area contributed by atoms with Crippen molar-refractivity contribution in [1.29, 1.82) is 0 Å². The van der Waals surface area contributed by atoms with Crippen molar-refractivity contribution >= 4 is 22.9 Å². The number of hydrogen-bond acceptors (Lipinski definition) is 4. The van der Waals surface area contributed by atoms with Gasteiger partial charge in [0.2, 0.25) is 5.95 Å². The normalized spacial score (nSPS) is 11.7. The minimum atomic E-state index is -0.411. The number of imidazole rings is 1. The number of nitrogens with one attached hydrogen (secondary N) is 1. The van der Waals surface area contributed by atoms with Gasteiger partial charge in [0.05, 0.1) is 11.0 Å². The molecule has 0 fully saturated rings. The number of carbonyl (C=O) groups is 1. The number of aromatic nitrogens is 4. The molecule has 0 aliphatic rings. The van der Waals surface area contributed by atoms with Gasteiger partial charge in [-0.05, 0) is 39.0 Å². The van der Waals surface area contributed by atoms with Crippen LogP contribution in [0, 0.1) is 0 Å². The third-order valence-electron chi connectivity index (χ3n) is 3.65. The molecule has 7 heteroatoms. The molecular formula is C17H19N5O2. The van der Waals surface area contributed by atoms with Gasteiger partial charge in [-0.3, -0.25) is 14.9 Å². The Morgan fingerprint density at radius 2 is 1.83 bits per heavy atom. The molecule has 0 saturated heterocycles. The second-order valence-corrected chi connectivity index (χ2v) is 6.56. The van der Waals surface area contributed by atoms with Crippen molar-refractivity contribution in [3.05, 3.63) is 52.4 Å². The van der Waals surface area contributed by atoms with Crippen LogP contribution in [0.3, 0.4) is 0 Å². The lowest BCUT2D eigenvalue weighted by molar-refractivity contribution is 0.101. The van der Waals surface area contributed by atoms with E-state index in [1.807, 2.05) is 49.6 Å². The zero-order valence-electron chi connectivity index (χ0n) is 14.1. The fourth-order valence-electron chi connectivity index (χ4n) is 2.58. The smallest absolute Gasteiger partial charge is 0.278 e. The van der Waals surface area contributed by atoms with E-state index >= 15 is 0 Å². The second kappa shape index (κ2) is 5.59. The lowest BCUT2D eigenvalue weighted by atomic mass is 10.1. The van der Waals surface area contributed by atoms with Gasteiger partial charge in [-0.25, -0.2) is 9.67 Å². The Kier molecular flexibility index (Phi) is 3.71. The fourth-order valence-corrected chi connectivity index (χ4v) is 2.58. The quantitative estimate of drug-likeness (QED) is 0.782. The molecule has 0 aliphatic heterocycles. The van der Waals surface area contributed by atoms with Crippen LogP contribution in [0.15, 0.2) is 41.2 Å².